The minimum absolute atomic E-state index is 0.0766. The molecule has 0 aromatic rings. The van der Waals surface area contributed by atoms with E-state index in [4.69, 9.17) is 5.11 Å². The SMILES string of the molecule is C[C@H](CCC(=O)O)[C@H]1CC[C@H]2[C@@H]3CCC4CC(=O)CC[C@]4(C)C3CC(O)[C@]12C. The lowest BCUT2D eigenvalue weighted by Gasteiger charge is -2.62. The number of aliphatic carboxylic acids is 1. The zero-order chi connectivity index (χ0) is 20.3. The molecule has 0 radical (unpaired) electrons. The third kappa shape index (κ3) is 2.97. The molecule has 0 spiro atoms. The zero-order valence-corrected chi connectivity index (χ0v) is 17.8. The molecule has 4 fully saturated rings. The van der Waals surface area contributed by atoms with Gasteiger partial charge in [0.15, 0.2) is 0 Å². The van der Waals surface area contributed by atoms with Crippen molar-refractivity contribution in [1.82, 2.24) is 0 Å². The highest BCUT2D eigenvalue weighted by molar-refractivity contribution is 5.79. The van der Waals surface area contributed by atoms with Gasteiger partial charge in [0, 0.05) is 19.3 Å². The van der Waals surface area contributed by atoms with E-state index in [2.05, 4.69) is 20.8 Å². The highest BCUT2D eigenvalue weighted by Crippen LogP contribution is 2.68. The van der Waals surface area contributed by atoms with Crippen LogP contribution in [0.15, 0.2) is 0 Å². The van der Waals surface area contributed by atoms with Crippen LogP contribution in [-0.4, -0.2) is 28.1 Å². The number of fused-ring (bicyclic) bond motifs is 5. The molecule has 0 saturated heterocycles. The summed E-state index contributed by atoms with van der Waals surface area (Å²) in [4.78, 5) is 23.1. The van der Waals surface area contributed by atoms with Gasteiger partial charge in [0.2, 0.25) is 0 Å². The molecule has 0 amide bonds. The predicted molar refractivity (Wildman–Crippen MR) is 108 cm³/mol. The molecule has 0 bridgehead atoms. The molecule has 9 atom stereocenters. The highest BCUT2D eigenvalue weighted by atomic mass is 16.4. The summed E-state index contributed by atoms with van der Waals surface area (Å²) < 4.78 is 0. The smallest absolute Gasteiger partial charge is 0.303 e. The Labute approximate surface area is 169 Å². The van der Waals surface area contributed by atoms with Crippen LogP contribution in [0.5, 0.6) is 0 Å². The van der Waals surface area contributed by atoms with Gasteiger partial charge in [-0.1, -0.05) is 20.8 Å². The van der Waals surface area contributed by atoms with E-state index in [1.807, 2.05) is 0 Å². The Balaban J connectivity index is 1.57. The quantitative estimate of drug-likeness (QED) is 0.730. The standard InChI is InChI=1S/C24H38O4/c1-14(4-9-22(27)28)18-7-8-19-17-6-5-15-12-16(25)10-11-23(15,2)20(17)13-21(26)24(18,19)3/h14-15,17-21,26H,4-13H2,1-3H3,(H,27,28)/t14-,15?,17+,18-,19+,20?,21?,23+,24-/m1/s1. The van der Waals surface area contributed by atoms with Crippen LogP contribution in [-0.2, 0) is 9.59 Å². The molecular formula is C24H38O4. The Hall–Kier alpha value is -0.900. The second-order valence-electron chi connectivity index (χ2n) is 11.1. The molecule has 0 aromatic heterocycles. The van der Waals surface area contributed by atoms with Gasteiger partial charge < -0.3 is 10.2 Å². The van der Waals surface area contributed by atoms with Crippen molar-refractivity contribution in [3.8, 4) is 0 Å². The number of hydrogen-bond acceptors (Lipinski definition) is 3. The van der Waals surface area contributed by atoms with Crippen molar-refractivity contribution in [1.29, 1.82) is 0 Å². The number of Topliss-reactive ketones (excluding diaryl/α,β-unsaturated/α-hetero) is 1. The van der Waals surface area contributed by atoms with Crippen LogP contribution in [0.25, 0.3) is 0 Å². The minimum atomic E-state index is -0.714. The molecular weight excluding hydrogens is 352 g/mol. The van der Waals surface area contributed by atoms with Gasteiger partial charge in [-0.25, -0.2) is 0 Å². The number of aliphatic hydroxyl groups is 1. The van der Waals surface area contributed by atoms with E-state index in [0.29, 0.717) is 47.7 Å². The van der Waals surface area contributed by atoms with Crippen LogP contribution in [0.1, 0.15) is 85.0 Å². The molecule has 3 unspecified atom stereocenters. The number of rotatable bonds is 4. The number of ketones is 1. The first-order valence-corrected chi connectivity index (χ1v) is 11.6. The number of carbonyl (C=O) groups is 2. The molecule has 28 heavy (non-hydrogen) atoms. The Morgan fingerprint density at radius 3 is 2.64 bits per heavy atom. The van der Waals surface area contributed by atoms with Gasteiger partial charge in [-0.2, -0.15) is 0 Å². The largest absolute Gasteiger partial charge is 0.481 e. The van der Waals surface area contributed by atoms with E-state index in [1.165, 1.54) is 19.3 Å². The Kier molecular flexibility index (Phi) is 5.17. The summed E-state index contributed by atoms with van der Waals surface area (Å²) >= 11 is 0. The van der Waals surface area contributed by atoms with Crippen molar-refractivity contribution in [3.63, 3.8) is 0 Å². The maximum Gasteiger partial charge on any atom is 0.303 e. The first-order valence-electron chi connectivity index (χ1n) is 11.6. The van der Waals surface area contributed by atoms with E-state index in [9.17, 15) is 14.7 Å². The summed E-state index contributed by atoms with van der Waals surface area (Å²) in [5.74, 6) is 2.76. The second-order valence-corrected chi connectivity index (χ2v) is 11.1. The Morgan fingerprint density at radius 1 is 1.18 bits per heavy atom. The summed E-state index contributed by atoms with van der Waals surface area (Å²) in [5, 5.41) is 20.5. The Morgan fingerprint density at radius 2 is 1.93 bits per heavy atom. The average Bonchev–Trinajstić information content (AvgIpc) is 3.00. The number of hydrogen-bond donors (Lipinski definition) is 2. The highest BCUT2D eigenvalue weighted by Gasteiger charge is 2.63. The van der Waals surface area contributed by atoms with E-state index < -0.39 is 5.97 Å². The fourth-order valence-corrected chi connectivity index (χ4v) is 8.52. The monoisotopic (exact) mass is 390 g/mol. The first kappa shape index (κ1) is 20.4. The van der Waals surface area contributed by atoms with Crippen molar-refractivity contribution in [2.75, 3.05) is 0 Å². The lowest BCUT2D eigenvalue weighted by atomic mass is 9.44. The maximum absolute atomic E-state index is 12.1. The molecule has 4 rings (SSSR count). The Bertz CT molecular complexity index is 645. The predicted octanol–water partition coefficient (Wildman–Crippen LogP) is 4.69. The van der Waals surface area contributed by atoms with Crippen molar-refractivity contribution >= 4 is 11.8 Å². The van der Waals surface area contributed by atoms with Gasteiger partial charge in [-0.15, -0.1) is 0 Å². The molecule has 4 heteroatoms. The number of carboxylic acids is 1. The van der Waals surface area contributed by atoms with Crippen LogP contribution in [0.2, 0.25) is 0 Å². The van der Waals surface area contributed by atoms with Crippen LogP contribution < -0.4 is 0 Å². The number of carboxylic acid groups (broad SMARTS) is 1. The average molecular weight is 391 g/mol. The topological polar surface area (TPSA) is 74.6 Å². The molecule has 4 nitrogen and oxygen atoms in total. The fraction of sp³-hybridized carbons (Fsp3) is 0.917. The summed E-state index contributed by atoms with van der Waals surface area (Å²) in [7, 11) is 0. The van der Waals surface area contributed by atoms with Crippen LogP contribution in [0, 0.1) is 46.3 Å². The molecule has 0 aromatic carbocycles. The van der Waals surface area contributed by atoms with Gasteiger partial charge in [0.05, 0.1) is 6.10 Å². The third-order valence-electron chi connectivity index (χ3n) is 10.2. The molecule has 0 aliphatic heterocycles. The second kappa shape index (κ2) is 7.11. The third-order valence-corrected chi connectivity index (χ3v) is 10.2. The van der Waals surface area contributed by atoms with Crippen molar-refractivity contribution in [2.24, 2.45) is 46.3 Å². The van der Waals surface area contributed by atoms with Gasteiger partial charge in [-0.3, -0.25) is 9.59 Å². The number of aliphatic hydroxyl groups excluding tert-OH is 1. The fourth-order valence-electron chi connectivity index (χ4n) is 8.52. The minimum Gasteiger partial charge on any atom is -0.481 e. The molecule has 0 heterocycles. The van der Waals surface area contributed by atoms with Gasteiger partial charge in [0.25, 0.3) is 0 Å². The van der Waals surface area contributed by atoms with Crippen LogP contribution in [0.3, 0.4) is 0 Å². The van der Waals surface area contributed by atoms with Crippen molar-refractivity contribution in [2.45, 2.75) is 91.1 Å². The van der Waals surface area contributed by atoms with Crippen LogP contribution >= 0.6 is 0 Å². The lowest BCUT2D eigenvalue weighted by Crippen LogP contribution is -2.58. The van der Waals surface area contributed by atoms with E-state index in [1.54, 1.807) is 0 Å². The van der Waals surface area contributed by atoms with Crippen molar-refractivity contribution in [3.05, 3.63) is 0 Å². The summed E-state index contributed by atoms with van der Waals surface area (Å²) in [6.45, 7) is 6.93. The first-order chi connectivity index (χ1) is 13.2. The van der Waals surface area contributed by atoms with Crippen LogP contribution in [0.4, 0.5) is 0 Å². The summed E-state index contributed by atoms with van der Waals surface area (Å²) in [6, 6.07) is 0. The molecule has 2 N–H and O–H groups in total. The summed E-state index contributed by atoms with van der Waals surface area (Å²) in [5.41, 5.74) is 0.138. The molecule has 4 aliphatic rings. The summed E-state index contributed by atoms with van der Waals surface area (Å²) in [6.07, 6.45) is 8.69. The number of carbonyl (C=O) groups excluding carboxylic acids is 1. The lowest BCUT2D eigenvalue weighted by molar-refractivity contribution is -0.171. The molecule has 4 aliphatic carbocycles. The van der Waals surface area contributed by atoms with Crippen molar-refractivity contribution < 1.29 is 19.8 Å². The van der Waals surface area contributed by atoms with E-state index >= 15 is 0 Å². The van der Waals surface area contributed by atoms with E-state index in [0.717, 1.165) is 32.1 Å². The van der Waals surface area contributed by atoms with Gasteiger partial charge in [-0.05, 0) is 91.3 Å². The maximum atomic E-state index is 12.1. The molecule has 158 valence electrons. The van der Waals surface area contributed by atoms with Gasteiger partial charge >= 0.3 is 5.97 Å². The zero-order valence-electron chi connectivity index (χ0n) is 17.8. The van der Waals surface area contributed by atoms with Gasteiger partial charge in [0.1, 0.15) is 5.78 Å². The van der Waals surface area contributed by atoms with E-state index in [-0.39, 0.29) is 23.4 Å². The molecule has 4 saturated carbocycles. The normalized spacial score (nSPS) is 49.1.